The van der Waals surface area contributed by atoms with E-state index in [-0.39, 0.29) is 17.8 Å². The number of carboxylic acids is 1. The molecule has 0 aromatic heterocycles. The Labute approximate surface area is 118 Å². The summed E-state index contributed by atoms with van der Waals surface area (Å²) in [5, 5.41) is 9.41. The molecule has 0 bridgehead atoms. The lowest BCUT2D eigenvalue weighted by atomic mass is 9.98. The van der Waals surface area contributed by atoms with Crippen molar-refractivity contribution in [2.75, 3.05) is 13.1 Å². The van der Waals surface area contributed by atoms with Crippen molar-refractivity contribution in [3.63, 3.8) is 0 Å². The van der Waals surface area contributed by atoms with Crippen molar-refractivity contribution < 1.29 is 14.3 Å². The van der Waals surface area contributed by atoms with Gasteiger partial charge in [0.15, 0.2) is 0 Å². The third-order valence-corrected chi connectivity index (χ3v) is 4.52. The van der Waals surface area contributed by atoms with Crippen molar-refractivity contribution in [3.05, 3.63) is 35.6 Å². The SMILES string of the molecule is O=C(O)[C@@H](CC1CC1)N1CC[C@@H](c2cccc(F)c2)C1. The fourth-order valence-electron chi connectivity index (χ4n) is 3.18. The first-order valence-corrected chi connectivity index (χ1v) is 7.36. The van der Waals surface area contributed by atoms with Crippen molar-refractivity contribution in [3.8, 4) is 0 Å². The minimum atomic E-state index is -0.711. The van der Waals surface area contributed by atoms with Crippen molar-refractivity contribution in [1.29, 1.82) is 0 Å². The molecule has 0 unspecified atom stereocenters. The Bertz CT molecular complexity index is 501. The van der Waals surface area contributed by atoms with E-state index in [0.717, 1.165) is 31.5 Å². The van der Waals surface area contributed by atoms with Gasteiger partial charge in [-0.2, -0.15) is 0 Å². The number of nitrogens with zero attached hydrogens (tertiary/aromatic N) is 1. The van der Waals surface area contributed by atoms with Crippen molar-refractivity contribution in [2.45, 2.75) is 37.6 Å². The smallest absolute Gasteiger partial charge is 0.320 e. The van der Waals surface area contributed by atoms with Crippen LogP contribution in [-0.2, 0) is 4.79 Å². The van der Waals surface area contributed by atoms with Crippen LogP contribution in [-0.4, -0.2) is 35.1 Å². The number of rotatable bonds is 5. The number of hydrogen-bond donors (Lipinski definition) is 1. The molecule has 108 valence electrons. The summed E-state index contributed by atoms with van der Waals surface area (Å²) in [5.74, 6) is -0.0680. The summed E-state index contributed by atoms with van der Waals surface area (Å²) < 4.78 is 13.3. The van der Waals surface area contributed by atoms with Crippen LogP contribution in [0.2, 0.25) is 0 Å². The number of carboxylic acid groups (broad SMARTS) is 1. The van der Waals surface area contributed by atoms with Crippen LogP contribution in [0.1, 0.15) is 37.2 Å². The lowest BCUT2D eigenvalue weighted by molar-refractivity contribution is -0.143. The van der Waals surface area contributed by atoms with E-state index in [1.54, 1.807) is 12.1 Å². The van der Waals surface area contributed by atoms with Gasteiger partial charge in [0.1, 0.15) is 11.9 Å². The van der Waals surface area contributed by atoms with E-state index in [1.807, 2.05) is 6.07 Å². The second-order valence-electron chi connectivity index (χ2n) is 6.07. The molecule has 1 aromatic rings. The summed E-state index contributed by atoms with van der Waals surface area (Å²) in [7, 11) is 0. The van der Waals surface area contributed by atoms with Crippen molar-refractivity contribution in [1.82, 2.24) is 4.90 Å². The molecule has 0 amide bonds. The van der Waals surface area contributed by atoms with Crippen LogP contribution in [0, 0.1) is 11.7 Å². The molecule has 1 aliphatic carbocycles. The van der Waals surface area contributed by atoms with E-state index >= 15 is 0 Å². The highest BCUT2D eigenvalue weighted by Gasteiger charge is 2.36. The number of hydrogen-bond acceptors (Lipinski definition) is 2. The van der Waals surface area contributed by atoms with Crippen LogP contribution in [0.4, 0.5) is 4.39 Å². The summed E-state index contributed by atoms with van der Waals surface area (Å²) in [4.78, 5) is 13.5. The fraction of sp³-hybridized carbons (Fsp3) is 0.562. The molecule has 1 aromatic carbocycles. The minimum absolute atomic E-state index is 0.214. The Hall–Kier alpha value is -1.42. The minimum Gasteiger partial charge on any atom is -0.480 e. The van der Waals surface area contributed by atoms with Crippen molar-refractivity contribution in [2.24, 2.45) is 5.92 Å². The molecule has 0 spiro atoms. The number of benzene rings is 1. The highest BCUT2D eigenvalue weighted by atomic mass is 19.1. The van der Waals surface area contributed by atoms with Crippen LogP contribution in [0.25, 0.3) is 0 Å². The summed E-state index contributed by atoms with van der Waals surface area (Å²) in [6.45, 7) is 1.53. The first-order chi connectivity index (χ1) is 9.63. The summed E-state index contributed by atoms with van der Waals surface area (Å²) >= 11 is 0. The molecule has 2 fully saturated rings. The molecule has 1 saturated heterocycles. The summed E-state index contributed by atoms with van der Waals surface area (Å²) in [6, 6.07) is 6.33. The average Bonchev–Trinajstić information content (AvgIpc) is 3.11. The number of halogens is 1. The lowest BCUT2D eigenvalue weighted by Crippen LogP contribution is -2.40. The highest BCUT2D eigenvalue weighted by Crippen LogP contribution is 2.37. The molecule has 1 aliphatic heterocycles. The van der Waals surface area contributed by atoms with E-state index in [1.165, 1.54) is 18.9 Å². The Kier molecular flexibility index (Phi) is 3.74. The molecule has 2 atom stereocenters. The molecule has 2 aliphatic rings. The van der Waals surface area contributed by atoms with Crippen LogP contribution in [0.3, 0.4) is 0 Å². The van der Waals surface area contributed by atoms with Crippen LogP contribution in [0.15, 0.2) is 24.3 Å². The van der Waals surface area contributed by atoms with Gasteiger partial charge >= 0.3 is 5.97 Å². The van der Waals surface area contributed by atoms with E-state index in [2.05, 4.69) is 4.90 Å². The highest BCUT2D eigenvalue weighted by molar-refractivity contribution is 5.73. The predicted octanol–water partition coefficient (Wildman–Crippen LogP) is 2.87. The van der Waals surface area contributed by atoms with Gasteiger partial charge in [0.05, 0.1) is 0 Å². The molecule has 1 saturated carbocycles. The zero-order chi connectivity index (χ0) is 14.1. The maximum Gasteiger partial charge on any atom is 0.320 e. The maximum absolute atomic E-state index is 13.3. The molecule has 3 rings (SSSR count). The molecule has 1 heterocycles. The van der Waals surface area contributed by atoms with E-state index < -0.39 is 5.97 Å². The van der Waals surface area contributed by atoms with Gasteiger partial charge in [-0.25, -0.2) is 4.39 Å². The van der Waals surface area contributed by atoms with E-state index in [4.69, 9.17) is 0 Å². The topological polar surface area (TPSA) is 40.5 Å². The largest absolute Gasteiger partial charge is 0.480 e. The van der Waals surface area contributed by atoms with Gasteiger partial charge < -0.3 is 5.11 Å². The van der Waals surface area contributed by atoms with Crippen LogP contribution in [0.5, 0.6) is 0 Å². The standard InChI is InChI=1S/C16H20FNO2/c17-14-3-1-2-12(9-14)13-6-7-18(10-13)15(16(19)20)8-11-4-5-11/h1-3,9,11,13,15H,4-8,10H2,(H,19,20)/t13-,15-/m1/s1. The molecule has 1 N–H and O–H groups in total. The van der Waals surface area contributed by atoms with Gasteiger partial charge in [-0.1, -0.05) is 25.0 Å². The zero-order valence-corrected chi connectivity index (χ0v) is 11.5. The van der Waals surface area contributed by atoms with Gasteiger partial charge in [0.25, 0.3) is 0 Å². The number of aliphatic carboxylic acids is 1. The average molecular weight is 277 g/mol. The fourth-order valence-corrected chi connectivity index (χ4v) is 3.18. The van der Waals surface area contributed by atoms with Crippen LogP contribution < -0.4 is 0 Å². The maximum atomic E-state index is 13.3. The van der Waals surface area contributed by atoms with Gasteiger partial charge in [0.2, 0.25) is 0 Å². The van der Waals surface area contributed by atoms with Crippen molar-refractivity contribution >= 4 is 5.97 Å². The monoisotopic (exact) mass is 277 g/mol. The molecular weight excluding hydrogens is 257 g/mol. The molecule has 20 heavy (non-hydrogen) atoms. The predicted molar refractivity (Wildman–Crippen MR) is 74.1 cm³/mol. The van der Waals surface area contributed by atoms with Gasteiger partial charge in [-0.05, 0) is 48.9 Å². The molecule has 3 nitrogen and oxygen atoms in total. The summed E-state index contributed by atoms with van der Waals surface area (Å²) in [6.07, 6.45) is 4.03. The Morgan fingerprint density at radius 1 is 1.40 bits per heavy atom. The quantitative estimate of drug-likeness (QED) is 0.899. The number of likely N-dealkylation sites (tertiary alicyclic amines) is 1. The normalized spacial score (nSPS) is 24.8. The Morgan fingerprint density at radius 3 is 2.85 bits per heavy atom. The number of carbonyl (C=O) groups is 1. The third kappa shape index (κ3) is 3.01. The van der Waals surface area contributed by atoms with Gasteiger partial charge in [0, 0.05) is 6.54 Å². The van der Waals surface area contributed by atoms with E-state index in [0.29, 0.717) is 5.92 Å². The first kappa shape index (κ1) is 13.6. The first-order valence-electron chi connectivity index (χ1n) is 7.36. The van der Waals surface area contributed by atoms with Gasteiger partial charge in [-0.3, -0.25) is 9.69 Å². The molecule has 0 radical (unpaired) electrons. The summed E-state index contributed by atoms with van der Waals surface area (Å²) in [5.41, 5.74) is 0.989. The molecule has 4 heteroatoms. The second kappa shape index (κ2) is 5.52. The van der Waals surface area contributed by atoms with Crippen LogP contribution >= 0.6 is 0 Å². The molecular formula is C16H20FNO2. The second-order valence-corrected chi connectivity index (χ2v) is 6.07. The van der Waals surface area contributed by atoms with E-state index in [9.17, 15) is 14.3 Å². The Morgan fingerprint density at radius 2 is 2.20 bits per heavy atom. The zero-order valence-electron chi connectivity index (χ0n) is 11.5. The van der Waals surface area contributed by atoms with Gasteiger partial charge in [-0.15, -0.1) is 0 Å². The lowest BCUT2D eigenvalue weighted by Gasteiger charge is -2.24. The third-order valence-electron chi connectivity index (χ3n) is 4.52. The Balaban J connectivity index is 1.66.